The number of Topliss-reactive ketones (excluding diaryl/α,β-unsaturated/α-hetero) is 1. The number of urea groups is 1. The van der Waals surface area contributed by atoms with Gasteiger partial charge in [0.15, 0.2) is 5.78 Å². The van der Waals surface area contributed by atoms with Gasteiger partial charge >= 0.3 is 6.03 Å². The summed E-state index contributed by atoms with van der Waals surface area (Å²) < 4.78 is 0. The average Bonchev–Trinajstić information content (AvgIpc) is 2.75. The van der Waals surface area contributed by atoms with Crippen LogP contribution in [0.1, 0.15) is 54.1 Å². The SMILES string of the molecule is Cc1ccc(C(=O)CN2C(=O)NC3(CCC(C)CC3)C2=O)c(C)c1. The first-order chi connectivity index (χ1) is 11.3. The number of amides is 3. The summed E-state index contributed by atoms with van der Waals surface area (Å²) in [5.41, 5.74) is 1.73. The van der Waals surface area contributed by atoms with Gasteiger partial charge in [0.1, 0.15) is 5.54 Å². The first kappa shape index (κ1) is 16.7. The zero-order valence-electron chi connectivity index (χ0n) is 14.5. The van der Waals surface area contributed by atoms with Crippen LogP contribution in [0.3, 0.4) is 0 Å². The average molecular weight is 328 g/mol. The van der Waals surface area contributed by atoms with E-state index in [1.807, 2.05) is 26.0 Å². The van der Waals surface area contributed by atoms with Crippen LogP contribution in [0, 0.1) is 19.8 Å². The number of benzene rings is 1. The van der Waals surface area contributed by atoms with Gasteiger partial charge in [-0.1, -0.05) is 30.7 Å². The molecular weight excluding hydrogens is 304 g/mol. The third kappa shape index (κ3) is 2.83. The summed E-state index contributed by atoms with van der Waals surface area (Å²) in [6.45, 7) is 5.81. The Kier molecular flexibility index (Phi) is 4.20. The molecule has 0 atom stereocenters. The summed E-state index contributed by atoms with van der Waals surface area (Å²) in [6, 6.07) is 5.13. The van der Waals surface area contributed by atoms with Crippen LogP contribution in [0.2, 0.25) is 0 Å². The van der Waals surface area contributed by atoms with Crippen LogP contribution in [0.4, 0.5) is 4.79 Å². The van der Waals surface area contributed by atoms with Gasteiger partial charge in [0, 0.05) is 5.56 Å². The fourth-order valence-electron chi connectivity index (χ4n) is 3.77. The van der Waals surface area contributed by atoms with Crippen molar-refractivity contribution in [2.24, 2.45) is 5.92 Å². The Morgan fingerprint density at radius 2 is 1.92 bits per heavy atom. The molecule has 1 saturated carbocycles. The van der Waals surface area contributed by atoms with Crippen molar-refractivity contribution in [3.63, 3.8) is 0 Å². The van der Waals surface area contributed by atoms with E-state index in [2.05, 4.69) is 12.2 Å². The molecule has 5 heteroatoms. The van der Waals surface area contributed by atoms with E-state index in [0.29, 0.717) is 24.3 Å². The summed E-state index contributed by atoms with van der Waals surface area (Å²) in [5, 5.41) is 2.86. The normalized spacial score (nSPS) is 26.8. The molecule has 1 N–H and O–H groups in total. The smallest absolute Gasteiger partial charge is 0.323 e. The second-order valence-electron chi connectivity index (χ2n) is 7.33. The maximum Gasteiger partial charge on any atom is 0.325 e. The van der Waals surface area contributed by atoms with Crippen molar-refractivity contribution in [2.75, 3.05) is 6.54 Å². The van der Waals surface area contributed by atoms with E-state index in [1.54, 1.807) is 6.07 Å². The van der Waals surface area contributed by atoms with Gasteiger partial charge in [-0.2, -0.15) is 0 Å². The van der Waals surface area contributed by atoms with Gasteiger partial charge in [0.25, 0.3) is 5.91 Å². The predicted molar refractivity (Wildman–Crippen MR) is 90.9 cm³/mol. The lowest BCUT2D eigenvalue weighted by atomic mass is 9.77. The highest BCUT2D eigenvalue weighted by Gasteiger charge is 2.52. The van der Waals surface area contributed by atoms with Crippen molar-refractivity contribution in [1.29, 1.82) is 0 Å². The van der Waals surface area contributed by atoms with Crippen molar-refractivity contribution in [3.8, 4) is 0 Å². The Balaban J connectivity index is 1.76. The molecule has 1 aliphatic carbocycles. The van der Waals surface area contributed by atoms with E-state index in [4.69, 9.17) is 0 Å². The largest absolute Gasteiger partial charge is 0.325 e. The summed E-state index contributed by atoms with van der Waals surface area (Å²) in [6.07, 6.45) is 3.16. The fourth-order valence-corrected chi connectivity index (χ4v) is 3.77. The molecule has 1 heterocycles. The summed E-state index contributed by atoms with van der Waals surface area (Å²) in [5.74, 6) is 0.140. The fraction of sp³-hybridized carbons (Fsp3) is 0.526. The molecule has 1 aliphatic heterocycles. The van der Waals surface area contributed by atoms with Crippen LogP contribution in [0.25, 0.3) is 0 Å². The van der Waals surface area contributed by atoms with Crippen LogP contribution in [-0.4, -0.2) is 34.7 Å². The standard InChI is InChI=1S/C19H24N2O3/c1-12-6-8-19(9-7-12)17(23)21(18(24)20-19)11-16(22)15-5-4-13(2)10-14(15)3/h4-5,10,12H,6-9,11H2,1-3H3,(H,20,24). The molecule has 3 rings (SSSR count). The number of aryl methyl sites for hydroxylation is 2. The molecule has 0 bridgehead atoms. The van der Waals surface area contributed by atoms with E-state index in [9.17, 15) is 14.4 Å². The maximum absolute atomic E-state index is 12.8. The van der Waals surface area contributed by atoms with Crippen molar-refractivity contribution in [2.45, 2.75) is 52.0 Å². The van der Waals surface area contributed by atoms with Crippen molar-refractivity contribution in [3.05, 3.63) is 34.9 Å². The third-order valence-electron chi connectivity index (χ3n) is 5.36. The lowest BCUT2D eigenvalue weighted by Crippen LogP contribution is -2.49. The lowest BCUT2D eigenvalue weighted by Gasteiger charge is -2.33. The van der Waals surface area contributed by atoms with Crippen molar-refractivity contribution >= 4 is 17.7 Å². The number of imide groups is 1. The molecule has 1 saturated heterocycles. The molecular formula is C19H24N2O3. The van der Waals surface area contributed by atoms with Crippen LogP contribution in [0.15, 0.2) is 18.2 Å². The highest BCUT2D eigenvalue weighted by atomic mass is 16.2. The van der Waals surface area contributed by atoms with Gasteiger partial charge in [-0.05, 0) is 51.0 Å². The molecule has 2 aliphatic rings. The summed E-state index contributed by atoms with van der Waals surface area (Å²) in [7, 11) is 0. The Bertz CT molecular complexity index is 703. The lowest BCUT2D eigenvalue weighted by molar-refractivity contribution is -0.132. The second kappa shape index (κ2) is 6.04. The number of nitrogens with zero attached hydrogens (tertiary/aromatic N) is 1. The van der Waals surface area contributed by atoms with Crippen molar-refractivity contribution < 1.29 is 14.4 Å². The van der Waals surface area contributed by atoms with Gasteiger partial charge in [-0.25, -0.2) is 4.79 Å². The van der Waals surface area contributed by atoms with Gasteiger partial charge in [0.05, 0.1) is 6.54 Å². The molecule has 2 fully saturated rings. The third-order valence-corrected chi connectivity index (χ3v) is 5.36. The minimum Gasteiger partial charge on any atom is -0.323 e. The monoisotopic (exact) mass is 328 g/mol. The van der Waals surface area contributed by atoms with E-state index in [0.717, 1.165) is 28.9 Å². The molecule has 5 nitrogen and oxygen atoms in total. The molecule has 1 spiro atoms. The Labute approximate surface area is 142 Å². The number of carbonyl (C=O) groups is 3. The van der Waals surface area contributed by atoms with Gasteiger partial charge in [-0.3, -0.25) is 14.5 Å². The number of hydrogen-bond donors (Lipinski definition) is 1. The van der Waals surface area contributed by atoms with Gasteiger partial charge in [0.2, 0.25) is 0 Å². The Morgan fingerprint density at radius 3 is 2.54 bits per heavy atom. The number of ketones is 1. The molecule has 1 aromatic rings. The highest BCUT2D eigenvalue weighted by Crippen LogP contribution is 2.36. The highest BCUT2D eigenvalue weighted by molar-refractivity contribution is 6.11. The number of rotatable bonds is 3. The van der Waals surface area contributed by atoms with Crippen LogP contribution in [-0.2, 0) is 4.79 Å². The molecule has 24 heavy (non-hydrogen) atoms. The molecule has 3 amide bonds. The molecule has 0 unspecified atom stereocenters. The zero-order valence-corrected chi connectivity index (χ0v) is 14.5. The second-order valence-corrected chi connectivity index (χ2v) is 7.33. The predicted octanol–water partition coefficient (Wildman–Crippen LogP) is 2.99. The van der Waals surface area contributed by atoms with Crippen LogP contribution < -0.4 is 5.32 Å². The zero-order chi connectivity index (χ0) is 17.5. The van der Waals surface area contributed by atoms with Gasteiger partial charge < -0.3 is 5.32 Å². The number of nitrogens with one attached hydrogen (secondary N) is 1. The number of hydrogen-bond acceptors (Lipinski definition) is 3. The number of carbonyl (C=O) groups excluding carboxylic acids is 3. The Hall–Kier alpha value is -2.17. The van der Waals surface area contributed by atoms with E-state index < -0.39 is 11.6 Å². The van der Waals surface area contributed by atoms with Crippen molar-refractivity contribution in [1.82, 2.24) is 10.2 Å². The summed E-state index contributed by atoms with van der Waals surface area (Å²) in [4.78, 5) is 38.8. The molecule has 0 aromatic heterocycles. The molecule has 1 aromatic carbocycles. The van der Waals surface area contributed by atoms with Gasteiger partial charge in [-0.15, -0.1) is 0 Å². The van der Waals surface area contributed by atoms with E-state index in [1.165, 1.54) is 0 Å². The molecule has 128 valence electrons. The van der Waals surface area contributed by atoms with Crippen LogP contribution >= 0.6 is 0 Å². The van der Waals surface area contributed by atoms with E-state index >= 15 is 0 Å². The topological polar surface area (TPSA) is 66.5 Å². The first-order valence-electron chi connectivity index (χ1n) is 8.57. The Morgan fingerprint density at radius 1 is 1.25 bits per heavy atom. The minimum absolute atomic E-state index is 0.189. The van der Waals surface area contributed by atoms with E-state index in [-0.39, 0.29) is 18.2 Å². The first-order valence-corrected chi connectivity index (χ1v) is 8.57. The molecule has 0 radical (unpaired) electrons. The van der Waals surface area contributed by atoms with Crippen LogP contribution in [0.5, 0.6) is 0 Å². The maximum atomic E-state index is 12.8. The quantitative estimate of drug-likeness (QED) is 0.685. The summed E-state index contributed by atoms with van der Waals surface area (Å²) >= 11 is 0. The minimum atomic E-state index is -0.786.